The molecule has 0 fully saturated rings. The first kappa shape index (κ1) is 22.0. The van der Waals surface area contributed by atoms with E-state index in [1.807, 2.05) is 20.8 Å². The summed E-state index contributed by atoms with van der Waals surface area (Å²) in [5, 5.41) is 30.8. The molecule has 0 amide bonds. The number of benzene rings is 2. The quantitative estimate of drug-likeness (QED) is 0.302. The molecule has 2 aromatic carbocycles. The number of para-hydroxylation sites is 1. The lowest BCUT2D eigenvalue weighted by molar-refractivity contribution is 0.104. The van der Waals surface area contributed by atoms with Crippen molar-refractivity contribution in [2.45, 2.75) is 33.6 Å². The van der Waals surface area contributed by atoms with Gasteiger partial charge in [0, 0.05) is 11.1 Å². The second-order valence-electron chi connectivity index (χ2n) is 7.48. The Morgan fingerprint density at radius 1 is 1.03 bits per heavy atom. The van der Waals surface area contributed by atoms with Crippen LogP contribution < -0.4 is 0 Å². The van der Waals surface area contributed by atoms with Gasteiger partial charge in [0.25, 0.3) is 0 Å². The second-order valence-corrected chi connectivity index (χ2v) is 7.48. The van der Waals surface area contributed by atoms with Crippen LogP contribution in [0.2, 0.25) is 0 Å². The highest BCUT2D eigenvalue weighted by Crippen LogP contribution is 2.35. The average molecular weight is 392 g/mol. The normalized spacial score (nSPS) is 12.0. The maximum atomic E-state index is 12.6. The van der Waals surface area contributed by atoms with E-state index in [2.05, 4.69) is 12.7 Å². The van der Waals surface area contributed by atoms with E-state index in [1.54, 1.807) is 18.2 Å². The molecule has 0 saturated carbocycles. The molecule has 0 radical (unpaired) electrons. The summed E-state index contributed by atoms with van der Waals surface area (Å²) in [6, 6.07) is 9.49. The molecule has 29 heavy (non-hydrogen) atoms. The zero-order valence-corrected chi connectivity index (χ0v) is 17.1. The Labute approximate surface area is 172 Å². The van der Waals surface area contributed by atoms with E-state index < -0.39 is 5.78 Å². The number of hydrogen-bond acceptors (Lipinski definition) is 4. The Hall–Kier alpha value is -3.27. The maximum Gasteiger partial charge on any atom is 0.189 e. The van der Waals surface area contributed by atoms with Gasteiger partial charge in [-0.05, 0) is 69.9 Å². The van der Waals surface area contributed by atoms with Gasteiger partial charge < -0.3 is 15.3 Å². The summed E-state index contributed by atoms with van der Waals surface area (Å²) in [5.74, 6) is -0.588. The number of hydrogen-bond donors (Lipinski definition) is 3. The molecule has 2 rings (SSSR count). The summed E-state index contributed by atoms with van der Waals surface area (Å²) in [5.41, 5.74) is 3.07. The van der Waals surface area contributed by atoms with E-state index in [-0.39, 0.29) is 28.7 Å². The third kappa shape index (κ3) is 5.85. The van der Waals surface area contributed by atoms with Gasteiger partial charge in [-0.3, -0.25) is 4.79 Å². The molecular formula is C25H28O4. The number of ketones is 1. The van der Waals surface area contributed by atoms with Gasteiger partial charge in [0.05, 0.1) is 5.56 Å². The molecule has 0 bridgehead atoms. The van der Waals surface area contributed by atoms with Crippen LogP contribution in [0.15, 0.2) is 66.3 Å². The van der Waals surface area contributed by atoms with Crippen LogP contribution in [0.5, 0.6) is 17.2 Å². The smallest absolute Gasteiger partial charge is 0.189 e. The van der Waals surface area contributed by atoms with Crippen LogP contribution in [0.25, 0.3) is 6.08 Å². The van der Waals surface area contributed by atoms with E-state index >= 15 is 0 Å². The monoisotopic (exact) mass is 392 g/mol. The van der Waals surface area contributed by atoms with Gasteiger partial charge in [0.15, 0.2) is 5.78 Å². The molecule has 2 aromatic rings. The molecule has 4 heteroatoms. The third-order valence-corrected chi connectivity index (χ3v) is 4.83. The Morgan fingerprint density at radius 2 is 1.72 bits per heavy atom. The summed E-state index contributed by atoms with van der Waals surface area (Å²) in [4.78, 5) is 12.6. The summed E-state index contributed by atoms with van der Waals surface area (Å²) < 4.78 is 0. The van der Waals surface area contributed by atoms with Gasteiger partial charge in [-0.15, -0.1) is 0 Å². The first-order valence-electron chi connectivity index (χ1n) is 9.53. The van der Waals surface area contributed by atoms with Crippen molar-refractivity contribution < 1.29 is 20.1 Å². The molecule has 4 nitrogen and oxygen atoms in total. The van der Waals surface area contributed by atoms with E-state index in [0.717, 1.165) is 12.0 Å². The zero-order chi connectivity index (χ0) is 21.6. The van der Waals surface area contributed by atoms with E-state index in [1.165, 1.54) is 35.9 Å². The van der Waals surface area contributed by atoms with Crippen LogP contribution in [0.1, 0.15) is 48.7 Å². The first-order chi connectivity index (χ1) is 13.7. The number of allylic oxidation sites excluding steroid dienone is 4. The fourth-order valence-corrected chi connectivity index (χ4v) is 2.99. The number of carbonyl (C=O) groups is 1. The number of phenols is 3. The third-order valence-electron chi connectivity index (χ3n) is 4.83. The van der Waals surface area contributed by atoms with Crippen molar-refractivity contribution in [3.05, 3.63) is 83.0 Å². The molecule has 152 valence electrons. The number of carbonyl (C=O) groups excluding carboxylic acids is 1. The first-order valence-corrected chi connectivity index (χ1v) is 9.53. The van der Waals surface area contributed by atoms with E-state index in [9.17, 15) is 20.1 Å². The molecule has 0 spiro atoms. The van der Waals surface area contributed by atoms with Crippen LogP contribution in [0.3, 0.4) is 0 Å². The van der Waals surface area contributed by atoms with Gasteiger partial charge >= 0.3 is 0 Å². The highest BCUT2D eigenvalue weighted by Gasteiger charge is 2.20. The van der Waals surface area contributed by atoms with Gasteiger partial charge in [-0.1, -0.05) is 42.0 Å². The highest BCUT2D eigenvalue weighted by atomic mass is 16.3. The molecule has 0 aliphatic heterocycles. The fourth-order valence-electron chi connectivity index (χ4n) is 2.99. The topological polar surface area (TPSA) is 77.8 Å². The van der Waals surface area contributed by atoms with Crippen molar-refractivity contribution in [2.75, 3.05) is 0 Å². The van der Waals surface area contributed by atoms with E-state index in [0.29, 0.717) is 17.5 Å². The molecule has 3 N–H and O–H groups in total. The minimum Gasteiger partial charge on any atom is -0.508 e. The van der Waals surface area contributed by atoms with Crippen molar-refractivity contribution in [3.8, 4) is 17.2 Å². The van der Waals surface area contributed by atoms with E-state index in [4.69, 9.17) is 0 Å². The lowest BCUT2D eigenvalue weighted by atomic mass is 9.88. The van der Waals surface area contributed by atoms with Gasteiger partial charge in [0.2, 0.25) is 0 Å². The van der Waals surface area contributed by atoms with Crippen molar-refractivity contribution in [1.29, 1.82) is 0 Å². The molecule has 0 heterocycles. The Kier molecular flexibility index (Phi) is 7.43. The maximum absolute atomic E-state index is 12.6. The van der Waals surface area contributed by atoms with Crippen molar-refractivity contribution in [2.24, 2.45) is 5.92 Å². The van der Waals surface area contributed by atoms with Crippen LogP contribution >= 0.6 is 0 Å². The summed E-state index contributed by atoms with van der Waals surface area (Å²) >= 11 is 0. The zero-order valence-electron chi connectivity index (χ0n) is 17.1. The summed E-state index contributed by atoms with van der Waals surface area (Å²) in [6.45, 7) is 9.97. The number of aromatic hydroxyl groups is 3. The minimum atomic E-state index is -0.414. The predicted octanol–water partition coefficient (Wildman–Crippen LogP) is 5.79. The van der Waals surface area contributed by atoms with Crippen molar-refractivity contribution in [1.82, 2.24) is 0 Å². The molecule has 0 aliphatic carbocycles. The van der Waals surface area contributed by atoms with Crippen LogP contribution in [0, 0.1) is 5.92 Å². The van der Waals surface area contributed by atoms with Gasteiger partial charge in [0.1, 0.15) is 17.2 Å². The number of rotatable bonds is 8. The Morgan fingerprint density at radius 3 is 2.34 bits per heavy atom. The number of phenolic OH excluding ortho intramolecular Hbond substituents is 3. The fraction of sp³-hybridized carbons (Fsp3) is 0.240. The lowest BCUT2D eigenvalue weighted by Crippen LogP contribution is -2.07. The van der Waals surface area contributed by atoms with Gasteiger partial charge in [-0.2, -0.15) is 0 Å². The molecule has 0 aliphatic rings. The molecule has 0 saturated heterocycles. The molecule has 0 aromatic heterocycles. The van der Waals surface area contributed by atoms with Crippen LogP contribution in [-0.4, -0.2) is 21.1 Å². The van der Waals surface area contributed by atoms with Crippen molar-refractivity contribution >= 4 is 11.9 Å². The summed E-state index contributed by atoms with van der Waals surface area (Å²) in [6.07, 6.45) is 6.00. The molecular weight excluding hydrogens is 364 g/mol. The average Bonchev–Trinajstić information content (AvgIpc) is 2.66. The Balaban J connectivity index is 2.32. The SMILES string of the molecule is C=C(C)C(CC=C(C)C)Cc1c(O)ccc(C(=O)C=Cc2ccccc2O)c1O. The van der Waals surface area contributed by atoms with Crippen LogP contribution in [-0.2, 0) is 6.42 Å². The standard InChI is InChI=1S/C25H28O4/c1-16(2)9-10-19(17(3)4)15-21-24(28)14-12-20(25(21)29)23(27)13-11-18-7-5-6-8-22(18)26/h5-9,11-14,19,26,28-29H,3,10,15H2,1-2,4H3. The Bertz CT molecular complexity index is 963. The molecule has 1 atom stereocenters. The lowest BCUT2D eigenvalue weighted by Gasteiger charge is -2.18. The van der Waals surface area contributed by atoms with Crippen LogP contribution in [0.4, 0.5) is 0 Å². The molecule has 1 unspecified atom stereocenters. The van der Waals surface area contributed by atoms with Gasteiger partial charge in [-0.25, -0.2) is 0 Å². The highest BCUT2D eigenvalue weighted by molar-refractivity contribution is 6.09. The largest absolute Gasteiger partial charge is 0.508 e. The predicted molar refractivity (Wildman–Crippen MR) is 117 cm³/mol. The second kappa shape index (κ2) is 9.78. The summed E-state index contributed by atoms with van der Waals surface area (Å²) in [7, 11) is 0. The van der Waals surface area contributed by atoms with Crippen molar-refractivity contribution in [3.63, 3.8) is 0 Å². The minimum absolute atomic E-state index is 0.0314.